The molecule has 0 spiro atoms. The number of carboxylic acid groups (broad SMARTS) is 1. The SMILES string of the molecule is CC(C)(N)CN.CCOC(=O)c1c(C)nn2c(OCc3c(F)cccc3F)cc(C)cc12.Cc1cc(OCc2c(F)cccc2F)n2nc(C)c(C(=O)NCC(C)(C)N)c2c1.Cc1cc(OCc2c(F)cccc2F)n2nc(C)c(C(=O)O)c2c1. The van der Waals surface area contributed by atoms with Gasteiger partial charge in [-0.25, -0.2) is 35.9 Å². The molecule has 6 heterocycles. The summed E-state index contributed by atoms with van der Waals surface area (Å²) in [6.07, 6.45) is 0. The Hall–Kier alpha value is -9.00. The summed E-state index contributed by atoms with van der Waals surface area (Å²) in [5.41, 5.74) is 21.2. The predicted octanol–water partition coefficient (Wildman–Crippen LogP) is 10.4. The topological polar surface area (TPSA) is 250 Å². The van der Waals surface area contributed by atoms with E-state index >= 15 is 0 Å². The van der Waals surface area contributed by atoms with Crippen LogP contribution in [0.4, 0.5) is 26.3 Å². The van der Waals surface area contributed by atoms with E-state index < -0.39 is 52.4 Å². The summed E-state index contributed by atoms with van der Waals surface area (Å²) in [6, 6.07) is 21.1. The van der Waals surface area contributed by atoms with Gasteiger partial charge in [0, 0.05) is 42.4 Å². The van der Waals surface area contributed by atoms with Crippen LogP contribution in [0.1, 0.15) is 116 Å². The molecule has 3 aromatic carbocycles. The lowest BCUT2D eigenvalue weighted by Crippen LogP contribution is -2.45. The largest absolute Gasteiger partial charge is 0.478 e. The molecule has 0 aliphatic heterocycles. The summed E-state index contributed by atoms with van der Waals surface area (Å²) in [6.45, 7) is 19.7. The highest BCUT2D eigenvalue weighted by atomic mass is 19.2. The van der Waals surface area contributed by atoms with Crippen molar-refractivity contribution in [1.29, 1.82) is 0 Å². The van der Waals surface area contributed by atoms with Crippen molar-refractivity contribution < 1.29 is 64.8 Å². The number of halogens is 6. The van der Waals surface area contributed by atoms with E-state index in [1.165, 1.54) is 56.0 Å². The van der Waals surface area contributed by atoms with E-state index in [0.29, 0.717) is 57.8 Å². The number of carbonyl (C=O) groups excluding carboxylic acids is 2. The molecular weight excluding hydrogens is 1110 g/mol. The Morgan fingerprint density at radius 1 is 0.529 bits per heavy atom. The average Bonchev–Trinajstić information content (AvgIpc) is 4.27. The van der Waals surface area contributed by atoms with Crippen molar-refractivity contribution >= 4 is 34.4 Å². The predicted molar refractivity (Wildman–Crippen MR) is 307 cm³/mol. The number of nitrogens with zero attached hydrogens (tertiary/aromatic N) is 6. The lowest BCUT2D eigenvalue weighted by molar-refractivity contribution is 0.0527. The third-order valence-electron chi connectivity index (χ3n) is 12.5. The molecule has 1 amide bonds. The van der Waals surface area contributed by atoms with Crippen LogP contribution in [0.5, 0.6) is 17.6 Å². The number of ether oxygens (including phenoxy) is 4. The van der Waals surface area contributed by atoms with Crippen molar-refractivity contribution in [2.45, 2.75) is 107 Å². The molecule has 24 heteroatoms. The molecule has 0 aliphatic rings. The first-order valence-corrected chi connectivity index (χ1v) is 26.6. The van der Waals surface area contributed by atoms with Gasteiger partial charge in [-0.05, 0) is 147 Å². The molecule has 0 saturated carbocycles. The molecule has 18 nitrogen and oxygen atoms in total. The van der Waals surface area contributed by atoms with Crippen molar-refractivity contribution in [2.75, 3.05) is 19.7 Å². The number of rotatable bonds is 16. The van der Waals surface area contributed by atoms with Crippen LogP contribution in [0.2, 0.25) is 0 Å². The molecule has 0 saturated heterocycles. The number of hydrogen-bond donors (Lipinski definition) is 5. The van der Waals surface area contributed by atoms with Crippen LogP contribution in [-0.2, 0) is 24.6 Å². The minimum absolute atomic E-state index is 0.0700. The van der Waals surface area contributed by atoms with E-state index in [-0.39, 0.29) is 77.8 Å². The first-order chi connectivity index (χ1) is 39.9. The van der Waals surface area contributed by atoms with Gasteiger partial charge in [-0.3, -0.25) is 4.79 Å². The van der Waals surface area contributed by atoms with Crippen molar-refractivity contribution in [3.8, 4) is 17.6 Å². The molecule has 0 unspecified atom stereocenters. The number of pyridine rings is 3. The Morgan fingerprint density at radius 2 is 0.835 bits per heavy atom. The van der Waals surface area contributed by atoms with Crippen molar-refractivity contribution in [3.63, 3.8) is 0 Å². The molecule has 6 aromatic heterocycles. The zero-order chi connectivity index (χ0) is 62.8. The number of nitrogens with one attached hydrogen (secondary N) is 1. The fraction of sp³-hybridized carbons (Fsp3) is 0.311. The maximum Gasteiger partial charge on any atom is 0.342 e. The van der Waals surface area contributed by atoms with Crippen LogP contribution >= 0.6 is 0 Å². The zero-order valence-corrected chi connectivity index (χ0v) is 48.9. The summed E-state index contributed by atoms with van der Waals surface area (Å²) >= 11 is 0. The van der Waals surface area contributed by atoms with Crippen LogP contribution in [0.3, 0.4) is 0 Å². The summed E-state index contributed by atoms with van der Waals surface area (Å²) in [5.74, 6) is -5.25. The molecule has 0 radical (unpaired) electrons. The van der Waals surface area contributed by atoms with Gasteiger partial charge < -0.3 is 46.6 Å². The monoisotopic (exact) mass is 1180 g/mol. The van der Waals surface area contributed by atoms with E-state index in [2.05, 4.69) is 20.6 Å². The Kier molecular flexibility index (Phi) is 21.2. The summed E-state index contributed by atoms with van der Waals surface area (Å²) in [4.78, 5) is 36.3. The van der Waals surface area contributed by atoms with Gasteiger partial charge in [0.2, 0.25) is 17.6 Å². The van der Waals surface area contributed by atoms with Crippen molar-refractivity contribution in [1.82, 2.24) is 34.2 Å². The number of aryl methyl sites for hydroxylation is 6. The highest BCUT2D eigenvalue weighted by Crippen LogP contribution is 2.29. The number of fused-ring (bicyclic) bond motifs is 3. The highest BCUT2D eigenvalue weighted by Gasteiger charge is 2.25. The summed E-state index contributed by atoms with van der Waals surface area (Å²) < 4.78 is 109. The maximum absolute atomic E-state index is 13.9. The second kappa shape index (κ2) is 27.6. The maximum atomic E-state index is 13.9. The molecule has 85 heavy (non-hydrogen) atoms. The smallest absolute Gasteiger partial charge is 0.342 e. The number of aromatic carboxylic acids is 1. The normalized spacial score (nSPS) is 11.3. The molecule has 8 N–H and O–H groups in total. The number of aromatic nitrogens is 6. The van der Waals surface area contributed by atoms with Crippen molar-refractivity contribution in [3.05, 3.63) is 193 Å². The van der Waals surface area contributed by atoms with Gasteiger partial charge in [-0.15, -0.1) is 0 Å². The first-order valence-electron chi connectivity index (χ1n) is 26.6. The number of esters is 1. The molecule has 0 aliphatic carbocycles. The van der Waals surface area contributed by atoms with Crippen LogP contribution in [-0.4, -0.2) is 82.6 Å². The Morgan fingerprint density at radius 3 is 1.14 bits per heavy atom. The van der Waals surface area contributed by atoms with E-state index in [1.54, 1.807) is 71.0 Å². The molecule has 0 atom stereocenters. The standard InChI is InChI=1S/C21H24F2N4O2.C19H18F2N2O3.C17H14F2N2O3.C4H12N2/c1-12-8-17-19(20(28)25-11-21(3,4)24)13(2)26-27(17)18(9-12)29-10-14-15(22)6-5-7-16(14)23;1-4-25-19(24)18-12(3)22-23-16(18)8-11(2)9-17(23)26-10-13-14(20)6-5-7-15(13)21;1-9-6-14-16(17(22)23)10(2)20-21(14)15(7-9)24-8-11-12(18)4-3-5-13(11)19;1-4(2,6)3-5/h5-9H,10-11,24H2,1-4H3,(H,25,28);5-9H,4,10H2,1-3H3;3-7H,8H2,1-2H3,(H,22,23);3,5-6H2,1-2H3. The van der Waals surface area contributed by atoms with Gasteiger partial charge in [0.1, 0.15) is 65.9 Å². The van der Waals surface area contributed by atoms with Gasteiger partial charge in [0.05, 0.1) is 62.5 Å². The van der Waals surface area contributed by atoms with Crippen LogP contribution in [0, 0.1) is 76.4 Å². The fourth-order valence-corrected chi connectivity index (χ4v) is 8.23. The molecule has 0 fully saturated rings. The Labute approximate surface area is 486 Å². The number of benzene rings is 3. The first kappa shape index (κ1) is 65.2. The second-order valence-corrected chi connectivity index (χ2v) is 21.2. The van der Waals surface area contributed by atoms with Crippen LogP contribution in [0.25, 0.3) is 16.6 Å². The van der Waals surface area contributed by atoms with E-state index in [4.69, 9.17) is 36.1 Å². The van der Waals surface area contributed by atoms with Gasteiger partial charge in [-0.1, -0.05) is 18.2 Å². The average molecular weight is 1180 g/mol. The van der Waals surface area contributed by atoms with E-state index in [1.807, 2.05) is 41.5 Å². The minimum atomic E-state index is -1.10. The number of carboxylic acids is 1. The summed E-state index contributed by atoms with van der Waals surface area (Å²) in [7, 11) is 0. The quantitative estimate of drug-likeness (QED) is 0.0446. The van der Waals surface area contributed by atoms with E-state index in [9.17, 15) is 45.8 Å². The minimum Gasteiger partial charge on any atom is -0.478 e. The number of carbonyl (C=O) groups is 3. The molecule has 0 bridgehead atoms. The Balaban J connectivity index is 0.000000195. The third-order valence-corrected chi connectivity index (χ3v) is 12.5. The van der Waals surface area contributed by atoms with Gasteiger partial charge in [-0.2, -0.15) is 28.8 Å². The fourth-order valence-electron chi connectivity index (χ4n) is 8.23. The van der Waals surface area contributed by atoms with Crippen LogP contribution in [0.15, 0.2) is 91.0 Å². The van der Waals surface area contributed by atoms with Gasteiger partial charge >= 0.3 is 11.9 Å². The Bertz CT molecular complexity index is 3840. The van der Waals surface area contributed by atoms with Crippen LogP contribution < -0.4 is 36.7 Å². The molecule has 452 valence electrons. The molecule has 9 aromatic rings. The number of nitrogens with two attached hydrogens (primary N) is 3. The van der Waals surface area contributed by atoms with Gasteiger partial charge in [0.15, 0.2) is 0 Å². The second-order valence-electron chi connectivity index (χ2n) is 21.2. The number of hydrogen-bond acceptors (Lipinski definition) is 13. The lowest BCUT2D eigenvalue weighted by Gasteiger charge is -2.18. The molecular formula is C61H68F6N10O8. The summed E-state index contributed by atoms with van der Waals surface area (Å²) in [5, 5.41) is 25.0. The van der Waals surface area contributed by atoms with E-state index in [0.717, 1.165) is 28.8 Å². The van der Waals surface area contributed by atoms with Crippen molar-refractivity contribution in [2.24, 2.45) is 17.2 Å². The third kappa shape index (κ3) is 16.4. The lowest BCUT2D eigenvalue weighted by atomic mass is 10.1. The highest BCUT2D eigenvalue weighted by molar-refractivity contribution is 6.02. The number of amides is 1. The molecule has 9 rings (SSSR count). The zero-order valence-electron chi connectivity index (χ0n) is 48.9. The van der Waals surface area contributed by atoms with Gasteiger partial charge in [0.25, 0.3) is 5.91 Å².